The van der Waals surface area contributed by atoms with E-state index < -0.39 is 0 Å². The summed E-state index contributed by atoms with van der Waals surface area (Å²) < 4.78 is 0. The summed E-state index contributed by atoms with van der Waals surface area (Å²) in [5.41, 5.74) is 7.14. The smallest absolute Gasteiger partial charge is 0.0765 e. The van der Waals surface area contributed by atoms with Gasteiger partial charge >= 0.3 is 0 Å². The van der Waals surface area contributed by atoms with Crippen LogP contribution in [0.15, 0.2) is 84.9 Å². The minimum absolute atomic E-state index is 0.127. The van der Waals surface area contributed by atoms with Crippen molar-refractivity contribution in [2.45, 2.75) is 6.42 Å². The van der Waals surface area contributed by atoms with E-state index in [-0.39, 0.29) is 5.92 Å². The van der Waals surface area contributed by atoms with Gasteiger partial charge in [0.15, 0.2) is 0 Å². The summed E-state index contributed by atoms with van der Waals surface area (Å²) in [7, 11) is 0. The highest BCUT2D eigenvalue weighted by Gasteiger charge is 2.28. The van der Waals surface area contributed by atoms with Crippen molar-refractivity contribution in [1.82, 2.24) is 0 Å². The van der Waals surface area contributed by atoms with E-state index >= 15 is 0 Å². The molecule has 0 saturated heterocycles. The van der Waals surface area contributed by atoms with Crippen LogP contribution < -0.4 is 0 Å². The lowest BCUT2D eigenvalue weighted by atomic mass is 9.74. The molecule has 0 heterocycles. The second kappa shape index (κ2) is 6.18. The van der Waals surface area contributed by atoms with Crippen LogP contribution >= 0.6 is 0 Å². The number of nitrogens with zero attached hydrogens (tertiary/aromatic N) is 1. The Kier molecular flexibility index (Phi) is 3.73. The number of rotatable bonds is 2. The number of allylic oxidation sites excluding steroid dienone is 1. The van der Waals surface area contributed by atoms with Crippen molar-refractivity contribution in [3.05, 3.63) is 107 Å². The van der Waals surface area contributed by atoms with E-state index in [9.17, 15) is 5.26 Å². The standard InChI is InChI=1S/C23H17N/c24-16-20-15-19-13-7-8-14-21(19)23(18-11-5-2-6-12-18)22(20)17-9-3-1-4-10-17/h1-14,20H,15H2. The van der Waals surface area contributed by atoms with Crippen LogP contribution in [0.5, 0.6) is 0 Å². The van der Waals surface area contributed by atoms with Crippen LogP contribution in [0.4, 0.5) is 0 Å². The first-order valence-corrected chi connectivity index (χ1v) is 8.21. The molecule has 3 aromatic carbocycles. The van der Waals surface area contributed by atoms with Gasteiger partial charge in [0.2, 0.25) is 0 Å². The third kappa shape index (κ3) is 2.43. The van der Waals surface area contributed by atoms with Crippen LogP contribution in [0, 0.1) is 17.2 Å². The van der Waals surface area contributed by atoms with Crippen LogP contribution in [0.3, 0.4) is 0 Å². The minimum atomic E-state index is -0.127. The maximum atomic E-state index is 9.83. The van der Waals surface area contributed by atoms with Crippen molar-refractivity contribution in [1.29, 1.82) is 5.26 Å². The van der Waals surface area contributed by atoms with Gasteiger partial charge < -0.3 is 0 Å². The van der Waals surface area contributed by atoms with E-state index in [0.29, 0.717) is 0 Å². The number of hydrogen-bond donors (Lipinski definition) is 0. The minimum Gasteiger partial charge on any atom is -0.198 e. The van der Waals surface area contributed by atoms with Gasteiger partial charge in [-0.3, -0.25) is 0 Å². The molecular formula is C23H17N. The Morgan fingerprint density at radius 1 is 0.708 bits per heavy atom. The van der Waals surface area contributed by atoms with Gasteiger partial charge in [-0.05, 0) is 39.8 Å². The molecule has 1 nitrogen and oxygen atoms in total. The highest BCUT2D eigenvalue weighted by Crippen LogP contribution is 2.43. The van der Waals surface area contributed by atoms with Gasteiger partial charge in [0.25, 0.3) is 0 Å². The fourth-order valence-corrected chi connectivity index (χ4v) is 3.57. The molecule has 0 bridgehead atoms. The lowest BCUT2D eigenvalue weighted by Crippen LogP contribution is -2.15. The van der Waals surface area contributed by atoms with Crippen molar-refractivity contribution in [3.8, 4) is 6.07 Å². The third-order valence-corrected chi connectivity index (χ3v) is 4.63. The molecule has 0 aromatic heterocycles. The third-order valence-electron chi connectivity index (χ3n) is 4.63. The molecule has 0 spiro atoms. The van der Waals surface area contributed by atoms with Crippen molar-refractivity contribution in [2.24, 2.45) is 5.92 Å². The van der Waals surface area contributed by atoms with E-state index in [1.54, 1.807) is 0 Å². The van der Waals surface area contributed by atoms with Crippen molar-refractivity contribution in [3.63, 3.8) is 0 Å². The van der Waals surface area contributed by atoms with Crippen LogP contribution in [-0.4, -0.2) is 0 Å². The average Bonchev–Trinajstić information content (AvgIpc) is 2.67. The summed E-state index contributed by atoms with van der Waals surface area (Å²) in [4.78, 5) is 0. The Bertz CT molecular complexity index is 931. The fourth-order valence-electron chi connectivity index (χ4n) is 3.57. The summed E-state index contributed by atoms with van der Waals surface area (Å²) in [6.45, 7) is 0. The van der Waals surface area contributed by atoms with Gasteiger partial charge in [-0.1, -0.05) is 84.9 Å². The monoisotopic (exact) mass is 307 g/mol. The maximum absolute atomic E-state index is 9.83. The average molecular weight is 307 g/mol. The Morgan fingerprint density at radius 3 is 1.96 bits per heavy atom. The summed E-state index contributed by atoms with van der Waals surface area (Å²) in [5, 5.41) is 9.83. The first-order valence-electron chi connectivity index (χ1n) is 8.21. The van der Waals surface area contributed by atoms with Gasteiger partial charge in [0, 0.05) is 0 Å². The first-order chi connectivity index (χ1) is 11.9. The Hall–Kier alpha value is -3.11. The summed E-state index contributed by atoms with van der Waals surface area (Å²) in [6, 6.07) is 31.7. The molecule has 1 aliphatic rings. The molecule has 0 N–H and O–H groups in total. The highest BCUT2D eigenvalue weighted by molar-refractivity contribution is 6.02. The SMILES string of the molecule is N#CC1Cc2ccccc2C(c2ccccc2)=C1c1ccccc1. The predicted octanol–water partition coefficient (Wildman–Crippen LogP) is 5.34. The van der Waals surface area contributed by atoms with E-state index in [1.807, 2.05) is 24.3 Å². The molecule has 1 atom stereocenters. The number of nitriles is 1. The molecule has 0 saturated carbocycles. The van der Waals surface area contributed by atoms with Crippen LogP contribution in [-0.2, 0) is 6.42 Å². The molecule has 24 heavy (non-hydrogen) atoms. The maximum Gasteiger partial charge on any atom is 0.0765 e. The van der Waals surface area contributed by atoms with Gasteiger partial charge in [0.05, 0.1) is 12.0 Å². The van der Waals surface area contributed by atoms with Crippen LogP contribution in [0.25, 0.3) is 11.1 Å². The first kappa shape index (κ1) is 14.5. The zero-order chi connectivity index (χ0) is 16.4. The summed E-state index contributed by atoms with van der Waals surface area (Å²) >= 11 is 0. The molecule has 114 valence electrons. The number of fused-ring (bicyclic) bond motifs is 1. The molecule has 0 radical (unpaired) electrons. The number of hydrogen-bond acceptors (Lipinski definition) is 1. The molecule has 0 aliphatic heterocycles. The molecule has 1 heteroatoms. The zero-order valence-electron chi connectivity index (χ0n) is 13.3. The summed E-state index contributed by atoms with van der Waals surface area (Å²) in [5.74, 6) is -0.127. The second-order valence-corrected chi connectivity index (χ2v) is 6.06. The van der Waals surface area contributed by atoms with Gasteiger partial charge in [0.1, 0.15) is 0 Å². The van der Waals surface area contributed by atoms with Crippen molar-refractivity contribution < 1.29 is 0 Å². The Balaban J connectivity index is 2.07. The van der Waals surface area contributed by atoms with Crippen LogP contribution in [0.1, 0.15) is 22.3 Å². The Morgan fingerprint density at radius 2 is 1.29 bits per heavy atom. The molecular weight excluding hydrogens is 290 g/mol. The largest absolute Gasteiger partial charge is 0.198 e. The molecule has 0 fully saturated rings. The summed E-state index contributed by atoms with van der Waals surface area (Å²) in [6.07, 6.45) is 0.771. The molecule has 0 amide bonds. The second-order valence-electron chi connectivity index (χ2n) is 6.06. The quantitative estimate of drug-likeness (QED) is 0.627. The predicted molar refractivity (Wildman–Crippen MR) is 98.0 cm³/mol. The van der Waals surface area contributed by atoms with E-state index in [2.05, 4.69) is 66.7 Å². The van der Waals surface area contributed by atoms with Gasteiger partial charge in [-0.2, -0.15) is 5.26 Å². The van der Waals surface area contributed by atoms with Crippen molar-refractivity contribution >= 4 is 11.1 Å². The van der Waals surface area contributed by atoms with Crippen LogP contribution in [0.2, 0.25) is 0 Å². The Labute approximate surface area is 142 Å². The number of benzene rings is 3. The molecule has 1 unspecified atom stereocenters. The fraction of sp³-hybridized carbons (Fsp3) is 0.0870. The van der Waals surface area contributed by atoms with Crippen molar-refractivity contribution in [2.75, 3.05) is 0 Å². The normalized spacial score (nSPS) is 16.4. The van der Waals surface area contributed by atoms with Gasteiger partial charge in [-0.25, -0.2) is 0 Å². The van der Waals surface area contributed by atoms with E-state index in [1.165, 1.54) is 22.3 Å². The van der Waals surface area contributed by atoms with Gasteiger partial charge in [-0.15, -0.1) is 0 Å². The molecule has 1 aliphatic carbocycles. The lowest BCUT2D eigenvalue weighted by Gasteiger charge is -2.28. The van der Waals surface area contributed by atoms with E-state index in [0.717, 1.165) is 17.6 Å². The topological polar surface area (TPSA) is 23.8 Å². The lowest BCUT2D eigenvalue weighted by molar-refractivity contribution is 0.826. The van der Waals surface area contributed by atoms with E-state index in [4.69, 9.17) is 0 Å². The molecule has 3 aromatic rings. The molecule has 4 rings (SSSR count). The zero-order valence-corrected chi connectivity index (χ0v) is 13.3. The highest BCUT2D eigenvalue weighted by atomic mass is 14.3.